The molecule has 0 aliphatic carbocycles. The maximum absolute atomic E-state index is 13.2. The van der Waals surface area contributed by atoms with E-state index in [0.29, 0.717) is 17.8 Å². The molecule has 0 spiro atoms. The highest BCUT2D eigenvalue weighted by Crippen LogP contribution is 2.30. The van der Waals surface area contributed by atoms with Crippen LogP contribution in [0.4, 0.5) is 17.5 Å². The zero-order valence-corrected chi connectivity index (χ0v) is 20.3. The maximum Gasteiger partial charge on any atom is 0.227 e. The second-order valence-corrected chi connectivity index (χ2v) is 9.37. The fourth-order valence-corrected chi connectivity index (χ4v) is 5.14. The monoisotopic (exact) mass is 471 g/mol. The van der Waals surface area contributed by atoms with Crippen LogP contribution in [0.5, 0.6) is 5.75 Å². The fourth-order valence-electron chi connectivity index (χ4n) is 5.14. The Balaban J connectivity index is 1.13. The molecule has 7 nitrogen and oxygen atoms in total. The highest BCUT2D eigenvalue weighted by atomic mass is 16.5. The van der Waals surface area contributed by atoms with E-state index < -0.39 is 0 Å². The average Bonchev–Trinajstić information content (AvgIpc) is 2.94. The lowest BCUT2D eigenvalue weighted by Gasteiger charge is -2.37. The third kappa shape index (κ3) is 5.56. The van der Waals surface area contributed by atoms with Crippen LogP contribution < -0.4 is 15.0 Å². The summed E-state index contributed by atoms with van der Waals surface area (Å²) in [6.45, 7) is 3.31. The topological polar surface area (TPSA) is 70.6 Å². The molecule has 7 heteroatoms. The first-order chi connectivity index (χ1) is 17.2. The molecule has 1 aromatic heterocycles. The Kier molecular flexibility index (Phi) is 7.12. The molecule has 3 heterocycles. The van der Waals surface area contributed by atoms with Gasteiger partial charge in [-0.2, -0.15) is 4.98 Å². The number of methoxy groups -OCH3 is 1. The van der Waals surface area contributed by atoms with Gasteiger partial charge in [-0.15, -0.1) is 0 Å². The molecule has 2 saturated heterocycles. The number of carbonyl (C=O) groups is 1. The summed E-state index contributed by atoms with van der Waals surface area (Å²) in [5.74, 6) is 3.26. The number of ether oxygens (including phenoxy) is 1. The Morgan fingerprint density at radius 3 is 2.31 bits per heavy atom. The highest BCUT2D eigenvalue weighted by Gasteiger charge is 2.31. The van der Waals surface area contributed by atoms with Crippen LogP contribution in [0, 0.1) is 5.92 Å². The number of piperidine rings is 2. The summed E-state index contributed by atoms with van der Waals surface area (Å²) in [6.07, 6.45) is 5.57. The Hall–Kier alpha value is -3.61. The number of aromatic nitrogens is 2. The van der Waals surface area contributed by atoms with E-state index in [-0.39, 0.29) is 5.92 Å². The standard InChI is InChI=1S/C28H33N5O2/c1-35-25-9-7-24(8-10-25)30-26-11-16-29-28(31-26)33-19-14-23(15-20-33)27(34)32-17-12-22(13-18-32)21-5-3-2-4-6-21/h2-11,16,22-23H,12-15,17-20H2,1H3,(H,29,30,31). The summed E-state index contributed by atoms with van der Waals surface area (Å²) < 4.78 is 5.22. The second kappa shape index (κ2) is 10.8. The van der Waals surface area contributed by atoms with Gasteiger partial charge in [-0.3, -0.25) is 4.79 Å². The van der Waals surface area contributed by atoms with Crippen LogP contribution in [0.3, 0.4) is 0 Å². The molecule has 3 aromatic rings. The van der Waals surface area contributed by atoms with E-state index in [2.05, 4.69) is 50.4 Å². The van der Waals surface area contributed by atoms with E-state index in [9.17, 15) is 4.79 Å². The molecule has 1 amide bonds. The SMILES string of the molecule is COc1ccc(Nc2ccnc(N3CCC(C(=O)N4CCC(c5ccccc5)CC4)CC3)n2)cc1. The number of hydrogen-bond donors (Lipinski definition) is 1. The number of benzene rings is 2. The largest absolute Gasteiger partial charge is 0.497 e. The Labute approximate surface area is 207 Å². The van der Waals surface area contributed by atoms with Gasteiger partial charge in [-0.05, 0) is 67.5 Å². The lowest BCUT2D eigenvalue weighted by molar-refractivity contribution is -0.137. The number of hydrogen-bond acceptors (Lipinski definition) is 6. The van der Waals surface area contributed by atoms with Crippen LogP contribution in [0.25, 0.3) is 0 Å². The molecule has 0 bridgehead atoms. The van der Waals surface area contributed by atoms with Crippen molar-refractivity contribution >= 4 is 23.4 Å². The van der Waals surface area contributed by atoms with Gasteiger partial charge in [0, 0.05) is 44.0 Å². The van der Waals surface area contributed by atoms with Crippen molar-refractivity contribution < 1.29 is 9.53 Å². The van der Waals surface area contributed by atoms with Gasteiger partial charge < -0.3 is 19.9 Å². The fraction of sp³-hybridized carbons (Fsp3) is 0.393. The van der Waals surface area contributed by atoms with Gasteiger partial charge in [-0.1, -0.05) is 30.3 Å². The third-order valence-electron chi connectivity index (χ3n) is 7.21. The summed E-state index contributed by atoms with van der Waals surface area (Å²) in [7, 11) is 1.66. The third-order valence-corrected chi connectivity index (χ3v) is 7.21. The lowest BCUT2D eigenvalue weighted by Crippen LogP contribution is -2.45. The second-order valence-electron chi connectivity index (χ2n) is 9.37. The molecule has 1 N–H and O–H groups in total. The Morgan fingerprint density at radius 1 is 0.914 bits per heavy atom. The van der Waals surface area contributed by atoms with Crippen LogP contribution in [0.1, 0.15) is 37.2 Å². The van der Waals surface area contributed by atoms with E-state index in [1.54, 1.807) is 13.3 Å². The van der Waals surface area contributed by atoms with Crippen LogP contribution >= 0.6 is 0 Å². The molecule has 0 radical (unpaired) electrons. The van der Waals surface area contributed by atoms with Crippen molar-refractivity contribution in [3.05, 3.63) is 72.4 Å². The number of anilines is 3. The van der Waals surface area contributed by atoms with Crippen LogP contribution in [0.2, 0.25) is 0 Å². The smallest absolute Gasteiger partial charge is 0.227 e. The Morgan fingerprint density at radius 2 is 1.63 bits per heavy atom. The molecule has 2 aliphatic heterocycles. The summed E-state index contributed by atoms with van der Waals surface area (Å²) in [4.78, 5) is 26.7. The van der Waals surface area contributed by atoms with Gasteiger partial charge >= 0.3 is 0 Å². The first-order valence-corrected chi connectivity index (χ1v) is 12.5. The highest BCUT2D eigenvalue weighted by molar-refractivity contribution is 5.79. The van der Waals surface area contributed by atoms with Crippen molar-refractivity contribution in [2.75, 3.05) is 43.5 Å². The van der Waals surface area contributed by atoms with Gasteiger partial charge in [0.2, 0.25) is 11.9 Å². The molecule has 5 rings (SSSR count). The van der Waals surface area contributed by atoms with E-state index >= 15 is 0 Å². The number of carbonyl (C=O) groups excluding carboxylic acids is 1. The molecule has 0 atom stereocenters. The predicted molar refractivity (Wildman–Crippen MR) is 138 cm³/mol. The molecule has 35 heavy (non-hydrogen) atoms. The number of nitrogens with one attached hydrogen (secondary N) is 1. The van der Waals surface area contributed by atoms with Gasteiger partial charge in [0.25, 0.3) is 0 Å². The lowest BCUT2D eigenvalue weighted by atomic mass is 9.88. The van der Waals surface area contributed by atoms with E-state index in [1.807, 2.05) is 30.3 Å². The van der Waals surface area contributed by atoms with Gasteiger partial charge in [0.1, 0.15) is 11.6 Å². The number of amides is 1. The minimum absolute atomic E-state index is 0.0973. The summed E-state index contributed by atoms with van der Waals surface area (Å²) in [5, 5.41) is 3.33. The molecular formula is C28H33N5O2. The van der Waals surface area contributed by atoms with Crippen molar-refractivity contribution in [1.29, 1.82) is 0 Å². The first kappa shape index (κ1) is 23.1. The molecular weight excluding hydrogens is 438 g/mol. The minimum atomic E-state index is 0.0973. The molecule has 2 aliphatic rings. The average molecular weight is 472 g/mol. The molecule has 0 saturated carbocycles. The van der Waals surface area contributed by atoms with E-state index in [4.69, 9.17) is 9.72 Å². The number of rotatable bonds is 6. The molecule has 182 valence electrons. The molecule has 0 unspecified atom stereocenters. The maximum atomic E-state index is 13.2. The summed E-state index contributed by atoms with van der Waals surface area (Å²) >= 11 is 0. The molecule has 2 fully saturated rings. The number of likely N-dealkylation sites (tertiary alicyclic amines) is 1. The summed E-state index contributed by atoms with van der Waals surface area (Å²) in [6, 6.07) is 20.3. The zero-order valence-electron chi connectivity index (χ0n) is 20.3. The summed E-state index contributed by atoms with van der Waals surface area (Å²) in [5.41, 5.74) is 2.34. The minimum Gasteiger partial charge on any atom is -0.497 e. The predicted octanol–water partition coefficient (Wildman–Crippen LogP) is 4.85. The van der Waals surface area contributed by atoms with Gasteiger partial charge in [-0.25, -0.2) is 4.98 Å². The first-order valence-electron chi connectivity index (χ1n) is 12.5. The Bertz CT molecular complexity index is 1110. The van der Waals surface area contributed by atoms with Crippen LogP contribution in [-0.4, -0.2) is 54.1 Å². The number of nitrogens with zero attached hydrogens (tertiary/aromatic N) is 4. The van der Waals surface area contributed by atoms with Crippen molar-refractivity contribution in [3.63, 3.8) is 0 Å². The van der Waals surface area contributed by atoms with Gasteiger partial charge in [0.15, 0.2) is 0 Å². The van der Waals surface area contributed by atoms with Crippen molar-refractivity contribution in [2.45, 2.75) is 31.6 Å². The van der Waals surface area contributed by atoms with Gasteiger partial charge in [0.05, 0.1) is 7.11 Å². The van der Waals surface area contributed by atoms with E-state index in [1.165, 1.54) is 5.56 Å². The van der Waals surface area contributed by atoms with Crippen molar-refractivity contribution in [3.8, 4) is 5.75 Å². The van der Waals surface area contributed by atoms with Crippen molar-refractivity contribution in [2.24, 2.45) is 5.92 Å². The quantitative estimate of drug-likeness (QED) is 0.554. The van der Waals surface area contributed by atoms with Crippen LogP contribution in [-0.2, 0) is 4.79 Å². The van der Waals surface area contributed by atoms with Crippen molar-refractivity contribution in [1.82, 2.24) is 14.9 Å². The normalized spacial score (nSPS) is 17.3. The van der Waals surface area contributed by atoms with E-state index in [0.717, 1.165) is 69.1 Å². The zero-order chi connectivity index (χ0) is 24.0. The van der Waals surface area contributed by atoms with Crippen LogP contribution in [0.15, 0.2) is 66.9 Å². The molecule has 2 aromatic carbocycles.